The summed E-state index contributed by atoms with van der Waals surface area (Å²) in [5.74, 6) is -0.0717. The lowest BCUT2D eigenvalue weighted by Crippen LogP contribution is -2.48. The lowest BCUT2D eigenvalue weighted by molar-refractivity contribution is 0.0884. The Hall–Kier alpha value is -3.25. The minimum absolute atomic E-state index is 0.0717. The summed E-state index contributed by atoms with van der Waals surface area (Å²) < 4.78 is 15.8. The fourth-order valence-corrected chi connectivity index (χ4v) is 6.08. The highest BCUT2D eigenvalue weighted by atomic mass is 19.1. The number of fused-ring (bicyclic) bond motifs is 1. The monoisotopic (exact) mass is 516 g/mol. The van der Waals surface area contributed by atoms with E-state index in [1.807, 2.05) is 42.5 Å². The second kappa shape index (κ2) is 10.1. The molecule has 3 aliphatic rings. The van der Waals surface area contributed by atoms with Gasteiger partial charge in [-0.25, -0.2) is 9.18 Å². The minimum Gasteiger partial charge on any atom is -0.465 e. The molecule has 38 heavy (non-hydrogen) atoms. The minimum atomic E-state index is -1.46. The van der Waals surface area contributed by atoms with Gasteiger partial charge in [-0.05, 0) is 53.0 Å². The third-order valence-electron chi connectivity index (χ3n) is 8.33. The zero-order chi connectivity index (χ0) is 27.1. The number of carboxylic acid groups (broad SMARTS) is 1. The van der Waals surface area contributed by atoms with Crippen molar-refractivity contribution in [2.45, 2.75) is 64.7 Å². The van der Waals surface area contributed by atoms with Crippen molar-refractivity contribution in [3.05, 3.63) is 88.5 Å². The molecular formula is C32H37FN2O3. The number of nitrogens with zero attached hydrogens (tertiary/aromatic N) is 2. The van der Waals surface area contributed by atoms with Crippen LogP contribution in [-0.2, 0) is 13.0 Å². The van der Waals surface area contributed by atoms with Gasteiger partial charge in [-0.3, -0.25) is 9.69 Å². The van der Waals surface area contributed by atoms with Crippen LogP contribution in [0.25, 0.3) is 5.57 Å². The van der Waals surface area contributed by atoms with Crippen LogP contribution in [-0.4, -0.2) is 58.1 Å². The van der Waals surface area contributed by atoms with E-state index in [1.165, 1.54) is 10.5 Å². The fourth-order valence-electron chi connectivity index (χ4n) is 6.08. The fraction of sp³-hybridized carbons (Fsp3) is 0.438. The standard InChI is InChI=1S/C32H37FN2O3/c1-31(2,3)28-19-24(11-14-35(28)30(37)38)23-9-10-27-25(17-23)18-26(29(27)36)20-32(33)12-15-34(16-13-32)21-22-7-5-4-6-8-22/h4-11,17,20,28H,12-16,18-19,21H2,1-3H3,(H,37,38)/b26-20+. The van der Waals surface area contributed by atoms with Gasteiger partial charge in [0.1, 0.15) is 5.67 Å². The van der Waals surface area contributed by atoms with Gasteiger partial charge in [-0.1, -0.05) is 75.4 Å². The normalized spacial score (nSPS) is 22.9. The van der Waals surface area contributed by atoms with E-state index in [4.69, 9.17) is 0 Å². The van der Waals surface area contributed by atoms with Gasteiger partial charge in [0.15, 0.2) is 5.78 Å². The van der Waals surface area contributed by atoms with Crippen LogP contribution >= 0.6 is 0 Å². The predicted molar refractivity (Wildman–Crippen MR) is 148 cm³/mol. The van der Waals surface area contributed by atoms with Crippen molar-refractivity contribution in [2.24, 2.45) is 5.41 Å². The highest BCUT2D eigenvalue weighted by Crippen LogP contribution is 2.39. The molecule has 6 heteroatoms. The second-order valence-corrected chi connectivity index (χ2v) is 12.1. The van der Waals surface area contributed by atoms with Gasteiger partial charge in [0.05, 0.1) is 0 Å². The molecule has 1 N–H and O–H groups in total. The summed E-state index contributed by atoms with van der Waals surface area (Å²) in [5.41, 5.74) is 3.82. The van der Waals surface area contributed by atoms with E-state index < -0.39 is 11.8 Å². The average Bonchev–Trinajstić information content (AvgIpc) is 3.19. The van der Waals surface area contributed by atoms with Crippen molar-refractivity contribution in [3.8, 4) is 0 Å². The highest BCUT2D eigenvalue weighted by Gasteiger charge is 2.38. The summed E-state index contributed by atoms with van der Waals surface area (Å²) >= 11 is 0. The van der Waals surface area contributed by atoms with Crippen molar-refractivity contribution in [1.82, 2.24) is 9.80 Å². The van der Waals surface area contributed by atoms with Crippen molar-refractivity contribution in [1.29, 1.82) is 0 Å². The molecule has 2 heterocycles. The first-order valence-corrected chi connectivity index (χ1v) is 13.6. The summed E-state index contributed by atoms with van der Waals surface area (Å²) in [5, 5.41) is 9.67. The molecule has 2 aliphatic heterocycles. The number of likely N-dealkylation sites (tertiary alicyclic amines) is 1. The van der Waals surface area contributed by atoms with Crippen LogP contribution in [0.15, 0.2) is 66.3 Å². The Balaban J connectivity index is 1.29. The SMILES string of the molecule is CC(C)(C)C1CC(c2ccc3c(c2)C/C(=C\C2(F)CCN(Cc4ccccc4)CC2)C3=O)=CCN1C(=O)O. The Morgan fingerprint density at radius 3 is 2.50 bits per heavy atom. The Labute approximate surface area is 224 Å². The number of allylic oxidation sites excluding steroid dienone is 2. The van der Waals surface area contributed by atoms with Crippen molar-refractivity contribution in [3.63, 3.8) is 0 Å². The number of Topliss-reactive ketones (excluding diaryl/α,β-unsaturated/α-hetero) is 1. The van der Waals surface area contributed by atoms with Crippen LogP contribution in [0.1, 0.15) is 67.1 Å². The molecule has 1 fully saturated rings. The van der Waals surface area contributed by atoms with Crippen LogP contribution in [0.4, 0.5) is 9.18 Å². The molecule has 200 valence electrons. The van der Waals surface area contributed by atoms with E-state index in [2.05, 4.69) is 37.8 Å². The molecule has 1 atom stereocenters. The van der Waals surface area contributed by atoms with Crippen LogP contribution < -0.4 is 0 Å². The molecule has 1 unspecified atom stereocenters. The zero-order valence-electron chi connectivity index (χ0n) is 22.5. The molecule has 5 rings (SSSR count). The number of ketones is 1. The van der Waals surface area contributed by atoms with Crippen molar-refractivity contribution in [2.75, 3.05) is 19.6 Å². The maximum Gasteiger partial charge on any atom is 0.407 e. The van der Waals surface area contributed by atoms with Crippen LogP contribution in [0.2, 0.25) is 0 Å². The van der Waals surface area contributed by atoms with Gasteiger partial charge < -0.3 is 10.0 Å². The zero-order valence-corrected chi connectivity index (χ0v) is 22.5. The lowest BCUT2D eigenvalue weighted by Gasteiger charge is -2.41. The summed E-state index contributed by atoms with van der Waals surface area (Å²) in [6.45, 7) is 8.68. The van der Waals surface area contributed by atoms with E-state index in [0.717, 1.165) is 23.2 Å². The first kappa shape index (κ1) is 26.4. The predicted octanol–water partition coefficient (Wildman–Crippen LogP) is 6.54. The molecule has 0 saturated carbocycles. The van der Waals surface area contributed by atoms with E-state index in [0.29, 0.717) is 56.5 Å². The van der Waals surface area contributed by atoms with E-state index >= 15 is 4.39 Å². The molecule has 1 aliphatic carbocycles. The summed E-state index contributed by atoms with van der Waals surface area (Å²) in [7, 11) is 0. The van der Waals surface area contributed by atoms with Gasteiger partial charge in [0.25, 0.3) is 0 Å². The Morgan fingerprint density at radius 2 is 1.84 bits per heavy atom. The van der Waals surface area contributed by atoms with E-state index in [-0.39, 0.29) is 17.2 Å². The number of benzene rings is 2. The summed E-state index contributed by atoms with van der Waals surface area (Å²) in [6, 6.07) is 16.0. The van der Waals surface area contributed by atoms with Gasteiger partial charge in [-0.2, -0.15) is 0 Å². The number of carbonyl (C=O) groups is 2. The van der Waals surface area contributed by atoms with E-state index in [9.17, 15) is 14.7 Å². The number of alkyl halides is 1. The topological polar surface area (TPSA) is 60.9 Å². The lowest BCUT2D eigenvalue weighted by atomic mass is 9.79. The quantitative estimate of drug-likeness (QED) is 0.469. The van der Waals surface area contributed by atoms with E-state index in [1.54, 1.807) is 6.08 Å². The Kier molecular flexibility index (Phi) is 7.03. The molecule has 2 aromatic carbocycles. The molecule has 5 nitrogen and oxygen atoms in total. The number of piperidine rings is 1. The summed E-state index contributed by atoms with van der Waals surface area (Å²) in [6.07, 6.45) is 4.52. The van der Waals surface area contributed by atoms with Crippen LogP contribution in [0.5, 0.6) is 0 Å². The average molecular weight is 517 g/mol. The van der Waals surface area contributed by atoms with Crippen molar-refractivity contribution < 1.29 is 19.1 Å². The largest absolute Gasteiger partial charge is 0.465 e. The van der Waals surface area contributed by atoms with Crippen molar-refractivity contribution >= 4 is 17.4 Å². The van der Waals surface area contributed by atoms with Gasteiger partial charge >= 0.3 is 6.09 Å². The number of rotatable bonds is 4. The third kappa shape index (κ3) is 5.46. The Morgan fingerprint density at radius 1 is 1.13 bits per heavy atom. The maximum absolute atomic E-state index is 15.8. The first-order valence-electron chi connectivity index (χ1n) is 13.6. The number of hydrogen-bond acceptors (Lipinski definition) is 3. The molecule has 0 radical (unpaired) electrons. The van der Waals surface area contributed by atoms with Gasteiger partial charge in [0.2, 0.25) is 0 Å². The molecule has 2 aromatic rings. The van der Waals surface area contributed by atoms with Crippen LogP contribution in [0.3, 0.4) is 0 Å². The Bertz CT molecular complexity index is 1280. The number of amides is 1. The molecule has 0 aromatic heterocycles. The smallest absolute Gasteiger partial charge is 0.407 e. The van der Waals surface area contributed by atoms with Crippen LogP contribution in [0, 0.1) is 5.41 Å². The van der Waals surface area contributed by atoms with Gasteiger partial charge in [-0.15, -0.1) is 0 Å². The molecule has 0 bridgehead atoms. The first-order chi connectivity index (χ1) is 18.0. The number of carbonyl (C=O) groups excluding carboxylic acids is 1. The number of hydrogen-bond donors (Lipinski definition) is 1. The third-order valence-corrected chi connectivity index (χ3v) is 8.33. The highest BCUT2D eigenvalue weighted by molar-refractivity contribution is 6.13. The molecule has 0 spiro atoms. The molecular weight excluding hydrogens is 479 g/mol. The second-order valence-electron chi connectivity index (χ2n) is 12.1. The number of halogens is 1. The summed E-state index contributed by atoms with van der Waals surface area (Å²) in [4.78, 5) is 28.7. The molecule has 1 amide bonds. The maximum atomic E-state index is 15.8. The van der Waals surface area contributed by atoms with Gasteiger partial charge in [0, 0.05) is 49.8 Å². The molecule has 1 saturated heterocycles.